The van der Waals surface area contributed by atoms with Gasteiger partial charge in [0.2, 0.25) is 0 Å². The molecule has 0 aromatic carbocycles. The van der Waals surface area contributed by atoms with Crippen LogP contribution in [-0.2, 0) is 10.8 Å². The second kappa shape index (κ2) is 5.26. The van der Waals surface area contributed by atoms with Gasteiger partial charge in [-0.25, -0.2) is 0 Å². The van der Waals surface area contributed by atoms with Crippen molar-refractivity contribution < 1.29 is 4.21 Å². The molecule has 1 fully saturated rings. The molecule has 0 aromatic heterocycles. The van der Waals surface area contributed by atoms with Crippen LogP contribution in [0.4, 0.5) is 0 Å². The average molecular weight is 217 g/mol. The van der Waals surface area contributed by atoms with Crippen LogP contribution < -0.4 is 5.73 Å². The monoisotopic (exact) mass is 217 g/mol. The van der Waals surface area contributed by atoms with E-state index in [1.54, 1.807) is 0 Å². The van der Waals surface area contributed by atoms with E-state index in [0.717, 1.165) is 24.7 Å². The highest BCUT2D eigenvalue weighted by molar-refractivity contribution is 7.86. The van der Waals surface area contributed by atoms with Crippen molar-refractivity contribution in [1.29, 1.82) is 0 Å². The lowest BCUT2D eigenvalue weighted by Gasteiger charge is -2.32. The first-order valence-corrected chi connectivity index (χ1v) is 6.93. The minimum Gasteiger partial charge on any atom is -0.329 e. The van der Waals surface area contributed by atoms with Crippen LogP contribution >= 0.6 is 0 Å². The van der Waals surface area contributed by atoms with Gasteiger partial charge >= 0.3 is 0 Å². The Bertz CT molecular complexity index is 207. The van der Waals surface area contributed by atoms with Gasteiger partial charge in [0, 0.05) is 27.8 Å². The van der Waals surface area contributed by atoms with E-state index >= 15 is 0 Å². The number of hydrogen-bond donors (Lipinski definition) is 1. The smallest absolute Gasteiger partial charge is 0.0445 e. The Morgan fingerprint density at radius 3 is 2.50 bits per heavy atom. The largest absolute Gasteiger partial charge is 0.329 e. The predicted octanol–water partition coefficient (Wildman–Crippen LogP) is 1.91. The fourth-order valence-corrected chi connectivity index (χ4v) is 3.84. The molecule has 0 amide bonds. The molecule has 0 saturated heterocycles. The first-order valence-electron chi connectivity index (χ1n) is 5.65. The molecule has 0 bridgehead atoms. The zero-order chi connectivity index (χ0) is 10.7. The molecule has 0 spiro atoms. The predicted molar refractivity (Wildman–Crippen MR) is 62.6 cm³/mol. The van der Waals surface area contributed by atoms with Crippen LogP contribution in [0, 0.1) is 11.8 Å². The molecule has 0 aromatic rings. The maximum atomic E-state index is 12.0. The highest BCUT2D eigenvalue weighted by Crippen LogP contribution is 2.32. The number of rotatable bonds is 3. The first kappa shape index (κ1) is 12.2. The fourth-order valence-electron chi connectivity index (χ4n) is 2.13. The molecule has 1 saturated carbocycles. The minimum absolute atomic E-state index is 0.167. The third-order valence-corrected chi connectivity index (χ3v) is 5.68. The lowest BCUT2D eigenvalue weighted by Crippen LogP contribution is -2.34. The van der Waals surface area contributed by atoms with E-state index in [-0.39, 0.29) is 5.25 Å². The molecular weight excluding hydrogens is 194 g/mol. The molecule has 2 N–H and O–H groups in total. The summed E-state index contributed by atoms with van der Waals surface area (Å²) in [5, 5.41) is 0.570. The number of nitrogens with two attached hydrogens (primary N) is 1. The molecule has 1 aliphatic carbocycles. The SMILES string of the molecule is CC1CCC(S(=O)C(C)CN)CC1C. The van der Waals surface area contributed by atoms with Crippen LogP contribution in [0.3, 0.4) is 0 Å². The molecule has 0 heterocycles. The molecule has 5 atom stereocenters. The summed E-state index contributed by atoms with van der Waals surface area (Å²) in [6, 6.07) is 0. The van der Waals surface area contributed by atoms with E-state index < -0.39 is 10.8 Å². The van der Waals surface area contributed by atoms with E-state index in [4.69, 9.17) is 5.73 Å². The maximum Gasteiger partial charge on any atom is 0.0445 e. The van der Waals surface area contributed by atoms with Gasteiger partial charge < -0.3 is 5.73 Å². The van der Waals surface area contributed by atoms with Crippen molar-refractivity contribution in [3.05, 3.63) is 0 Å². The summed E-state index contributed by atoms with van der Waals surface area (Å²) in [6.45, 7) is 7.13. The zero-order valence-electron chi connectivity index (χ0n) is 9.53. The van der Waals surface area contributed by atoms with Gasteiger partial charge in [0.1, 0.15) is 0 Å². The summed E-state index contributed by atoms with van der Waals surface area (Å²) in [5.41, 5.74) is 5.55. The molecule has 5 unspecified atom stereocenters. The molecule has 14 heavy (non-hydrogen) atoms. The fraction of sp³-hybridized carbons (Fsp3) is 1.00. The van der Waals surface area contributed by atoms with Crippen LogP contribution in [0.25, 0.3) is 0 Å². The third-order valence-electron chi connectivity index (χ3n) is 3.61. The van der Waals surface area contributed by atoms with Crippen molar-refractivity contribution in [3.63, 3.8) is 0 Å². The minimum atomic E-state index is -0.712. The lowest BCUT2D eigenvalue weighted by atomic mass is 9.81. The van der Waals surface area contributed by atoms with Gasteiger partial charge in [-0.2, -0.15) is 0 Å². The quantitative estimate of drug-likeness (QED) is 0.784. The summed E-state index contributed by atoms with van der Waals surface area (Å²) < 4.78 is 12.0. The van der Waals surface area contributed by atoms with Gasteiger partial charge in [-0.05, 0) is 38.0 Å². The van der Waals surface area contributed by atoms with Gasteiger partial charge in [0.25, 0.3) is 0 Å². The highest BCUT2D eigenvalue weighted by Gasteiger charge is 2.29. The van der Waals surface area contributed by atoms with Gasteiger partial charge in [-0.1, -0.05) is 13.8 Å². The Hall–Kier alpha value is 0.110. The summed E-state index contributed by atoms with van der Waals surface area (Å²) >= 11 is 0. The summed E-state index contributed by atoms with van der Waals surface area (Å²) in [6.07, 6.45) is 3.48. The lowest BCUT2D eigenvalue weighted by molar-refractivity contribution is 0.281. The molecule has 2 nitrogen and oxygen atoms in total. The van der Waals surface area contributed by atoms with Crippen LogP contribution in [0.5, 0.6) is 0 Å². The van der Waals surface area contributed by atoms with E-state index in [9.17, 15) is 4.21 Å². The molecule has 0 radical (unpaired) electrons. The van der Waals surface area contributed by atoms with Gasteiger partial charge in [-0.15, -0.1) is 0 Å². The summed E-state index contributed by atoms with van der Waals surface area (Å²) in [4.78, 5) is 0. The summed E-state index contributed by atoms with van der Waals surface area (Å²) in [5.74, 6) is 1.53. The highest BCUT2D eigenvalue weighted by atomic mass is 32.2. The average Bonchev–Trinajstić information content (AvgIpc) is 2.20. The van der Waals surface area contributed by atoms with Crippen molar-refractivity contribution in [2.75, 3.05) is 6.54 Å². The number of hydrogen-bond acceptors (Lipinski definition) is 2. The van der Waals surface area contributed by atoms with E-state index in [0.29, 0.717) is 11.8 Å². The Balaban J connectivity index is 2.50. The second-order valence-corrected chi connectivity index (χ2v) is 6.89. The Morgan fingerprint density at radius 1 is 1.36 bits per heavy atom. The molecule has 1 aliphatic rings. The molecule has 84 valence electrons. The normalized spacial score (nSPS) is 37.9. The third kappa shape index (κ3) is 2.80. The Labute approximate surface area is 90.1 Å². The van der Waals surface area contributed by atoms with E-state index in [1.807, 2.05) is 6.92 Å². The van der Waals surface area contributed by atoms with Gasteiger partial charge in [-0.3, -0.25) is 4.21 Å². The van der Waals surface area contributed by atoms with Gasteiger partial charge in [0.05, 0.1) is 0 Å². The molecule has 0 aliphatic heterocycles. The van der Waals surface area contributed by atoms with Crippen molar-refractivity contribution in [2.24, 2.45) is 17.6 Å². The van der Waals surface area contributed by atoms with Crippen LogP contribution in [0.1, 0.15) is 40.0 Å². The standard InChI is InChI=1S/C11H23NOS/c1-8-4-5-11(6-9(8)2)14(13)10(3)7-12/h8-11H,4-7,12H2,1-3H3. The van der Waals surface area contributed by atoms with E-state index in [1.165, 1.54) is 6.42 Å². The molecular formula is C11H23NOS. The van der Waals surface area contributed by atoms with Crippen molar-refractivity contribution in [3.8, 4) is 0 Å². The molecule has 1 rings (SSSR count). The maximum absolute atomic E-state index is 12.0. The molecule has 3 heteroatoms. The summed E-state index contributed by atoms with van der Waals surface area (Å²) in [7, 11) is -0.712. The zero-order valence-corrected chi connectivity index (χ0v) is 10.3. The Kier molecular flexibility index (Phi) is 4.58. The first-order chi connectivity index (χ1) is 6.56. The topological polar surface area (TPSA) is 43.1 Å². The van der Waals surface area contributed by atoms with Crippen molar-refractivity contribution in [1.82, 2.24) is 0 Å². The van der Waals surface area contributed by atoms with Crippen LogP contribution in [0.2, 0.25) is 0 Å². The van der Waals surface area contributed by atoms with Crippen molar-refractivity contribution >= 4 is 10.8 Å². The Morgan fingerprint density at radius 2 is 2.00 bits per heavy atom. The van der Waals surface area contributed by atoms with Crippen LogP contribution in [-0.4, -0.2) is 21.3 Å². The van der Waals surface area contributed by atoms with Crippen molar-refractivity contribution in [2.45, 2.75) is 50.5 Å². The second-order valence-electron chi connectivity index (χ2n) is 4.76. The van der Waals surface area contributed by atoms with Gasteiger partial charge in [0.15, 0.2) is 0 Å². The van der Waals surface area contributed by atoms with E-state index in [2.05, 4.69) is 13.8 Å². The van der Waals surface area contributed by atoms with Crippen LogP contribution in [0.15, 0.2) is 0 Å².